The zero-order valence-corrected chi connectivity index (χ0v) is 11.3. The molecule has 0 radical (unpaired) electrons. The number of rotatable bonds is 2. The Morgan fingerprint density at radius 2 is 2.05 bits per heavy atom. The summed E-state index contributed by atoms with van der Waals surface area (Å²) in [5.74, 6) is 0.0992. The summed E-state index contributed by atoms with van der Waals surface area (Å²) >= 11 is 0. The monoisotopic (exact) mass is 269 g/mol. The lowest BCUT2D eigenvalue weighted by atomic mass is 10.1. The Bertz CT molecular complexity index is 645. The summed E-state index contributed by atoms with van der Waals surface area (Å²) in [7, 11) is 0. The number of nitrogens with zero attached hydrogens (tertiary/aromatic N) is 3. The minimum atomic E-state index is -0.294. The molecule has 1 atom stereocenters. The number of benzene rings is 1. The third-order valence-electron chi connectivity index (χ3n) is 3.41. The number of amides is 1. The first-order valence-electron chi connectivity index (χ1n) is 6.47. The first kappa shape index (κ1) is 12.5. The fourth-order valence-corrected chi connectivity index (χ4v) is 2.16. The van der Waals surface area contributed by atoms with Crippen LogP contribution in [0, 0.1) is 13.8 Å². The van der Waals surface area contributed by atoms with Crippen LogP contribution in [0.15, 0.2) is 24.3 Å². The van der Waals surface area contributed by atoms with E-state index >= 15 is 0 Å². The molecule has 0 aliphatic carbocycles. The van der Waals surface area contributed by atoms with Gasteiger partial charge in [-0.1, -0.05) is 18.2 Å². The van der Waals surface area contributed by atoms with Crippen molar-refractivity contribution in [1.29, 1.82) is 0 Å². The lowest BCUT2D eigenvalue weighted by molar-refractivity contribution is -0.116. The second-order valence-corrected chi connectivity index (χ2v) is 4.85. The topological polar surface area (TPSA) is 79.8 Å². The lowest BCUT2D eigenvalue weighted by Gasteiger charge is -2.11. The smallest absolute Gasteiger partial charge is 0.249 e. The molecule has 0 spiro atoms. The molecule has 1 unspecified atom stereocenters. The zero-order valence-electron chi connectivity index (χ0n) is 11.3. The van der Waals surface area contributed by atoms with E-state index in [1.54, 1.807) is 0 Å². The second kappa shape index (κ2) is 4.88. The molecule has 1 aliphatic rings. The lowest BCUT2D eigenvalue weighted by Crippen LogP contribution is -2.33. The number of fused-ring (bicyclic) bond motifs is 1. The SMILES string of the molecule is Cc1nnc(NC(=O)C2Cc3ccccc3N2)nc1C. The van der Waals surface area contributed by atoms with Crippen molar-refractivity contribution in [3.8, 4) is 0 Å². The van der Waals surface area contributed by atoms with Crippen molar-refractivity contribution in [3.05, 3.63) is 41.2 Å². The van der Waals surface area contributed by atoms with E-state index in [4.69, 9.17) is 0 Å². The average molecular weight is 269 g/mol. The van der Waals surface area contributed by atoms with Crippen LogP contribution in [-0.4, -0.2) is 27.1 Å². The predicted molar refractivity (Wildman–Crippen MR) is 75.5 cm³/mol. The Hall–Kier alpha value is -2.50. The van der Waals surface area contributed by atoms with Crippen molar-refractivity contribution < 1.29 is 4.79 Å². The van der Waals surface area contributed by atoms with Crippen molar-refractivity contribution in [2.75, 3.05) is 10.6 Å². The molecule has 0 saturated heterocycles. The van der Waals surface area contributed by atoms with E-state index in [1.807, 2.05) is 38.1 Å². The van der Waals surface area contributed by atoms with Gasteiger partial charge in [-0.25, -0.2) is 4.98 Å². The molecule has 20 heavy (non-hydrogen) atoms. The number of carbonyl (C=O) groups excluding carboxylic acids is 1. The van der Waals surface area contributed by atoms with Crippen LogP contribution < -0.4 is 10.6 Å². The van der Waals surface area contributed by atoms with Gasteiger partial charge >= 0.3 is 0 Å². The summed E-state index contributed by atoms with van der Waals surface area (Å²) in [6.07, 6.45) is 0.667. The Kier molecular flexibility index (Phi) is 3.06. The van der Waals surface area contributed by atoms with Crippen LogP contribution in [0.3, 0.4) is 0 Å². The van der Waals surface area contributed by atoms with Crippen molar-refractivity contribution in [2.45, 2.75) is 26.3 Å². The van der Waals surface area contributed by atoms with Gasteiger partial charge in [0.1, 0.15) is 6.04 Å². The number of anilines is 2. The predicted octanol–water partition coefficient (Wildman–Crippen LogP) is 1.46. The Balaban J connectivity index is 1.71. The normalized spacial score (nSPS) is 16.4. The van der Waals surface area contributed by atoms with E-state index in [1.165, 1.54) is 0 Å². The molecule has 102 valence electrons. The quantitative estimate of drug-likeness (QED) is 0.863. The standard InChI is InChI=1S/C14H15N5O/c1-8-9(2)18-19-14(15-8)17-13(20)12-7-10-5-3-4-6-11(10)16-12/h3-6,12,16H,7H2,1-2H3,(H,15,17,19,20). The molecule has 2 heterocycles. The van der Waals surface area contributed by atoms with E-state index in [-0.39, 0.29) is 17.9 Å². The van der Waals surface area contributed by atoms with Gasteiger partial charge in [0, 0.05) is 12.1 Å². The first-order chi connectivity index (χ1) is 9.63. The Labute approximate surface area is 116 Å². The molecule has 1 aromatic carbocycles. The molecule has 1 aromatic heterocycles. The van der Waals surface area contributed by atoms with Crippen molar-refractivity contribution in [1.82, 2.24) is 15.2 Å². The van der Waals surface area contributed by atoms with Crippen LogP contribution in [0.2, 0.25) is 0 Å². The van der Waals surface area contributed by atoms with Crippen LogP contribution in [0.4, 0.5) is 11.6 Å². The van der Waals surface area contributed by atoms with Gasteiger partial charge < -0.3 is 5.32 Å². The highest BCUT2D eigenvalue weighted by atomic mass is 16.2. The highest BCUT2D eigenvalue weighted by Gasteiger charge is 2.26. The number of carbonyl (C=O) groups is 1. The highest BCUT2D eigenvalue weighted by Crippen LogP contribution is 2.25. The average Bonchev–Trinajstić information content (AvgIpc) is 2.87. The van der Waals surface area contributed by atoms with Gasteiger partial charge in [-0.05, 0) is 25.5 Å². The van der Waals surface area contributed by atoms with Gasteiger partial charge in [0.15, 0.2) is 0 Å². The summed E-state index contributed by atoms with van der Waals surface area (Å²) in [6.45, 7) is 3.67. The number of nitrogens with one attached hydrogen (secondary N) is 2. The van der Waals surface area contributed by atoms with Crippen molar-refractivity contribution >= 4 is 17.5 Å². The molecule has 0 bridgehead atoms. The van der Waals surface area contributed by atoms with E-state index in [2.05, 4.69) is 25.8 Å². The Morgan fingerprint density at radius 1 is 1.25 bits per heavy atom. The molecule has 1 aliphatic heterocycles. The third kappa shape index (κ3) is 2.32. The highest BCUT2D eigenvalue weighted by molar-refractivity contribution is 5.96. The van der Waals surface area contributed by atoms with Crippen LogP contribution in [-0.2, 0) is 11.2 Å². The number of aromatic nitrogens is 3. The van der Waals surface area contributed by atoms with Crippen LogP contribution in [0.1, 0.15) is 17.0 Å². The van der Waals surface area contributed by atoms with Crippen LogP contribution >= 0.6 is 0 Å². The minimum absolute atomic E-state index is 0.147. The summed E-state index contributed by atoms with van der Waals surface area (Å²) in [4.78, 5) is 16.4. The molecule has 2 aromatic rings. The summed E-state index contributed by atoms with van der Waals surface area (Å²) in [5.41, 5.74) is 3.67. The summed E-state index contributed by atoms with van der Waals surface area (Å²) in [6, 6.07) is 7.61. The number of hydrogen-bond acceptors (Lipinski definition) is 5. The fraction of sp³-hybridized carbons (Fsp3) is 0.286. The summed E-state index contributed by atoms with van der Waals surface area (Å²) < 4.78 is 0. The fourth-order valence-electron chi connectivity index (χ4n) is 2.16. The molecule has 6 nitrogen and oxygen atoms in total. The van der Waals surface area contributed by atoms with E-state index < -0.39 is 0 Å². The van der Waals surface area contributed by atoms with Crippen LogP contribution in [0.25, 0.3) is 0 Å². The molecule has 3 rings (SSSR count). The third-order valence-corrected chi connectivity index (χ3v) is 3.41. The number of para-hydroxylation sites is 1. The number of hydrogen-bond donors (Lipinski definition) is 2. The van der Waals surface area contributed by atoms with Gasteiger partial charge in [-0.3, -0.25) is 10.1 Å². The molecular formula is C14H15N5O. The van der Waals surface area contributed by atoms with Gasteiger partial charge in [0.05, 0.1) is 11.4 Å². The summed E-state index contributed by atoms with van der Waals surface area (Å²) in [5, 5.41) is 13.7. The maximum atomic E-state index is 12.2. The van der Waals surface area contributed by atoms with Gasteiger partial charge in [-0.15, -0.1) is 5.10 Å². The van der Waals surface area contributed by atoms with Crippen molar-refractivity contribution in [3.63, 3.8) is 0 Å². The number of aryl methyl sites for hydroxylation is 2. The molecular weight excluding hydrogens is 254 g/mol. The molecule has 2 N–H and O–H groups in total. The maximum absolute atomic E-state index is 12.2. The van der Waals surface area contributed by atoms with E-state index in [0.29, 0.717) is 6.42 Å². The maximum Gasteiger partial charge on any atom is 0.249 e. The van der Waals surface area contributed by atoms with E-state index in [9.17, 15) is 4.79 Å². The Morgan fingerprint density at radius 3 is 2.80 bits per heavy atom. The van der Waals surface area contributed by atoms with Gasteiger partial charge in [0.25, 0.3) is 0 Å². The largest absolute Gasteiger partial charge is 0.373 e. The molecule has 0 saturated carbocycles. The van der Waals surface area contributed by atoms with Crippen molar-refractivity contribution in [2.24, 2.45) is 0 Å². The first-order valence-corrected chi connectivity index (χ1v) is 6.47. The van der Waals surface area contributed by atoms with Gasteiger partial charge in [0.2, 0.25) is 11.9 Å². The zero-order chi connectivity index (χ0) is 14.1. The molecule has 6 heteroatoms. The van der Waals surface area contributed by atoms with E-state index in [0.717, 1.165) is 22.6 Å². The molecule has 1 amide bonds. The minimum Gasteiger partial charge on any atom is -0.373 e. The van der Waals surface area contributed by atoms with Crippen LogP contribution in [0.5, 0.6) is 0 Å². The second-order valence-electron chi connectivity index (χ2n) is 4.85. The molecule has 0 fully saturated rings. The van der Waals surface area contributed by atoms with Gasteiger partial charge in [-0.2, -0.15) is 5.10 Å².